The lowest BCUT2D eigenvalue weighted by atomic mass is 10.1. The number of carbonyl (C=O) groups is 2. The van der Waals surface area contributed by atoms with Gasteiger partial charge in [-0.25, -0.2) is 14.5 Å². The summed E-state index contributed by atoms with van der Waals surface area (Å²) in [6, 6.07) is 5.63. The summed E-state index contributed by atoms with van der Waals surface area (Å²) in [5.74, 6) is 0.0660. The van der Waals surface area contributed by atoms with Crippen LogP contribution in [0.1, 0.15) is 60.3 Å². The molecule has 0 aromatic carbocycles. The highest BCUT2D eigenvalue weighted by Crippen LogP contribution is 2.31. The number of hydrogen-bond acceptors (Lipinski definition) is 7. The summed E-state index contributed by atoms with van der Waals surface area (Å²) in [6.07, 6.45) is 6.19. The Bertz CT molecular complexity index is 944. The molecule has 0 radical (unpaired) electrons. The van der Waals surface area contributed by atoms with Crippen molar-refractivity contribution in [1.29, 1.82) is 5.26 Å². The van der Waals surface area contributed by atoms with Crippen molar-refractivity contribution in [3.63, 3.8) is 0 Å². The summed E-state index contributed by atoms with van der Waals surface area (Å²) >= 11 is 1.16. The molecular formula is C20H23N5O3S. The fourth-order valence-electron chi connectivity index (χ4n) is 3.35. The molecule has 2 heterocycles. The Morgan fingerprint density at radius 2 is 2.17 bits per heavy atom. The zero-order valence-electron chi connectivity index (χ0n) is 16.5. The maximum atomic E-state index is 12.4. The van der Waals surface area contributed by atoms with Gasteiger partial charge < -0.3 is 10.1 Å². The van der Waals surface area contributed by atoms with Gasteiger partial charge >= 0.3 is 5.97 Å². The molecule has 0 saturated heterocycles. The lowest BCUT2D eigenvalue weighted by Crippen LogP contribution is -2.19. The minimum atomic E-state index is -0.511. The van der Waals surface area contributed by atoms with Crippen molar-refractivity contribution in [1.82, 2.24) is 14.8 Å². The van der Waals surface area contributed by atoms with Gasteiger partial charge in [-0.15, -0.1) is 0 Å². The van der Waals surface area contributed by atoms with E-state index >= 15 is 0 Å². The first-order valence-corrected chi connectivity index (χ1v) is 10.6. The summed E-state index contributed by atoms with van der Waals surface area (Å²) in [5.41, 5.74) is 0.967. The highest BCUT2D eigenvalue weighted by Gasteiger charge is 2.21. The summed E-state index contributed by atoms with van der Waals surface area (Å²) in [6.45, 7) is 3.64. The van der Waals surface area contributed by atoms with Gasteiger partial charge in [-0.1, -0.05) is 24.6 Å². The van der Waals surface area contributed by atoms with E-state index in [-0.39, 0.29) is 29.4 Å². The van der Waals surface area contributed by atoms with Crippen LogP contribution in [0.15, 0.2) is 23.4 Å². The molecule has 1 fully saturated rings. The second-order valence-electron chi connectivity index (χ2n) is 6.74. The first-order valence-electron chi connectivity index (χ1n) is 9.58. The maximum Gasteiger partial charge on any atom is 0.340 e. The van der Waals surface area contributed by atoms with Crippen LogP contribution in [0.25, 0.3) is 0 Å². The van der Waals surface area contributed by atoms with Crippen LogP contribution in [0.2, 0.25) is 0 Å². The average Bonchev–Trinajstić information content (AvgIpc) is 3.38. The van der Waals surface area contributed by atoms with Crippen molar-refractivity contribution in [2.45, 2.75) is 50.6 Å². The first kappa shape index (κ1) is 20.9. The van der Waals surface area contributed by atoms with Crippen molar-refractivity contribution in [2.75, 3.05) is 17.7 Å². The number of rotatable bonds is 7. The van der Waals surface area contributed by atoms with Crippen LogP contribution < -0.4 is 5.32 Å². The maximum absolute atomic E-state index is 12.4. The highest BCUT2D eigenvalue weighted by atomic mass is 32.2. The standard InChI is InChI=1S/C20H23N5O3S/c1-3-28-20(27)16-10-14(11-21)19(23-13(16)2)29-12-18(26)24-17-8-9-22-25(17)15-6-4-5-7-15/h8-10,15H,3-7,12H2,1-2H3,(H,24,26). The predicted octanol–water partition coefficient (Wildman–Crippen LogP) is 3.48. The van der Waals surface area contributed by atoms with E-state index in [9.17, 15) is 14.9 Å². The van der Waals surface area contributed by atoms with Gasteiger partial charge in [0, 0.05) is 6.07 Å². The Morgan fingerprint density at radius 3 is 2.86 bits per heavy atom. The van der Waals surface area contributed by atoms with Crippen LogP contribution in [0.3, 0.4) is 0 Å². The van der Waals surface area contributed by atoms with E-state index in [0.29, 0.717) is 22.6 Å². The molecule has 0 unspecified atom stereocenters. The molecule has 2 aromatic heterocycles. The number of nitriles is 1. The van der Waals surface area contributed by atoms with Crippen LogP contribution in [-0.2, 0) is 9.53 Å². The molecule has 152 valence electrons. The third kappa shape index (κ3) is 4.95. The Kier molecular flexibility index (Phi) is 6.88. The number of hydrogen-bond donors (Lipinski definition) is 1. The second-order valence-corrected chi connectivity index (χ2v) is 7.71. The van der Waals surface area contributed by atoms with Crippen molar-refractivity contribution < 1.29 is 14.3 Å². The molecule has 0 aliphatic heterocycles. The van der Waals surface area contributed by atoms with E-state index in [4.69, 9.17) is 4.74 Å². The number of anilines is 1. The molecule has 1 aliphatic rings. The zero-order valence-corrected chi connectivity index (χ0v) is 17.3. The SMILES string of the molecule is CCOC(=O)c1cc(C#N)c(SCC(=O)Nc2ccnn2C2CCCC2)nc1C. The van der Waals surface area contributed by atoms with Crippen molar-refractivity contribution in [2.24, 2.45) is 0 Å². The molecule has 1 aliphatic carbocycles. The molecule has 1 amide bonds. The van der Waals surface area contributed by atoms with Crippen LogP contribution >= 0.6 is 11.8 Å². The highest BCUT2D eigenvalue weighted by molar-refractivity contribution is 8.00. The van der Waals surface area contributed by atoms with E-state index in [1.54, 1.807) is 26.1 Å². The number of thioether (sulfide) groups is 1. The molecule has 0 atom stereocenters. The first-order chi connectivity index (χ1) is 14.0. The quantitative estimate of drug-likeness (QED) is 0.546. The minimum absolute atomic E-state index is 0.0930. The molecule has 3 rings (SSSR count). The van der Waals surface area contributed by atoms with Gasteiger partial charge in [0.05, 0.1) is 41.4 Å². The minimum Gasteiger partial charge on any atom is -0.462 e. The smallest absolute Gasteiger partial charge is 0.340 e. The van der Waals surface area contributed by atoms with Crippen LogP contribution in [0, 0.1) is 18.3 Å². The van der Waals surface area contributed by atoms with Crippen LogP contribution in [-0.4, -0.2) is 39.0 Å². The Balaban J connectivity index is 1.66. The monoisotopic (exact) mass is 413 g/mol. The van der Waals surface area contributed by atoms with E-state index in [1.165, 1.54) is 18.9 Å². The van der Waals surface area contributed by atoms with Crippen molar-refractivity contribution in [3.8, 4) is 6.07 Å². The van der Waals surface area contributed by atoms with E-state index < -0.39 is 5.97 Å². The molecule has 8 nitrogen and oxygen atoms in total. The summed E-state index contributed by atoms with van der Waals surface area (Å²) < 4.78 is 6.87. The molecule has 0 bridgehead atoms. The van der Waals surface area contributed by atoms with E-state index in [2.05, 4.69) is 15.4 Å². The van der Waals surface area contributed by atoms with Crippen LogP contribution in [0.5, 0.6) is 0 Å². The predicted molar refractivity (Wildman–Crippen MR) is 109 cm³/mol. The van der Waals surface area contributed by atoms with Gasteiger partial charge in [0.15, 0.2) is 0 Å². The van der Waals surface area contributed by atoms with Gasteiger partial charge in [0.1, 0.15) is 16.9 Å². The Morgan fingerprint density at radius 1 is 1.41 bits per heavy atom. The number of carbonyl (C=O) groups excluding carboxylic acids is 2. The third-order valence-electron chi connectivity index (χ3n) is 4.74. The topological polar surface area (TPSA) is 110 Å². The normalized spacial score (nSPS) is 13.8. The van der Waals surface area contributed by atoms with Crippen LogP contribution in [0.4, 0.5) is 5.82 Å². The van der Waals surface area contributed by atoms with Gasteiger partial charge in [0.2, 0.25) is 5.91 Å². The van der Waals surface area contributed by atoms with Gasteiger partial charge in [-0.3, -0.25) is 4.79 Å². The number of ether oxygens (including phenoxy) is 1. The lowest BCUT2D eigenvalue weighted by molar-refractivity contribution is -0.113. The van der Waals surface area contributed by atoms with Gasteiger partial charge in [0.25, 0.3) is 0 Å². The number of nitrogens with zero attached hydrogens (tertiary/aromatic N) is 4. The Hall–Kier alpha value is -2.86. The van der Waals surface area contributed by atoms with Crippen molar-refractivity contribution >= 4 is 29.5 Å². The molecule has 1 saturated carbocycles. The third-order valence-corrected chi connectivity index (χ3v) is 5.73. The number of pyridine rings is 1. The largest absolute Gasteiger partial charge is 0.462 e. The summed E-state index contributed by atoms with van der Waals surface area (Å²) in [5, 5.41) is 17.1. The number of aromatic nitrogens is 3. The molecule has 0 spiro atoms. The van der Waals surface area contributed by atoms with E-state index in [1.807, 2.05) is 10.8 Å². The molecule has 2 aromatic rings. The van der Waals surface area contributed by atoms with Gasteiger partial charge in [-0.05, 0) is 32.8 Å². The average molecular weight is 414 g/mol. The number of aryl methyl sites for hydroxylation is 1. The number of nitrogens with one attached hydrogen (secondary N) is 1. The van der Waals surface area contributed by atoms with Gasteiger partial charge in [-0.2, -0.15) is 10.4 Å². The molecule has 1 N–H and O–H groups in total. The molecular weight excluding hydrogens is 390 g/mol. The molecule has 9 heteroatoms. The molecule has 29 heavy (non-hydrogen) atoms. The number of esters is 1. The lowest BCUT2D eigenvalue weighted by Gasteiger charge is -2.14. The Labute approximate surface area is 173 Å². The fourth-order valence-corrected chi connectivity index (χ4v) is 4.16. The number of amides is 1. The fraction of sp³-hybridized carbons (Fsp3) is 0.450. The summed E-state index contributed by atoms with van der Waals surface area (Å²) in [7, 11) is 0. The van der Waals surface area contributed by atoms with E-state index in [0.717, 1.165) is 24.6 Å². The van der Waals surface area contributed by atoms with Crippen molar-refractivity contribution in [3.05, 3.63) is 35.2 Å². The zero-order chi connectivity index (χ0) is 20.8. The second kappa shape index (κ2) is 9.56. The summed E-state index contributed by atoms with van der Waals surface area (Å²) in [4.78, 5) is 28.8.